The van der Waals surface area contributed by atoms with Gasteiger partial charge in [-0.25, -0.2) is 12.8 Å². The fourth-order valence-electron chi connectivity index (χ4n) is 2.60. The summed E-state index contributed by atoms with van der Waals surface area (Å²) in [5.41, 5.74) is 1.03. The minimum Gasteiger partial charge on any atom is -0.297 e. The molecule has 0 atom stereocenters. The standard InChI is InChI=1S/C17H18ClFN2O2S2/c18-14-2-5-16(6-3-14)25(22,23)20-17-11-15(19)4-1-13(17)12-21-7-9-24-10-8-21/h1-6,11,20H,7-10,12H2. The van der Waals surface area contributed by atoms with Gasteiger partial charge in [0.05, 0.1) is 10.6 Å². The molecule has 2 aromatic rings. The molecule has 0 bridgehead atoms. The summed E-state index contributed by atoms with van der Waals surface area (Å²) in [5, 5.41) is 0.452. The number of anilines is 1. The Morgan fingerprint density at radius 2 is 1.80 bits per heavy atom. The van der Waals surface area contributed by atoms with E-state index in [1.807, 2.05) is 11.8 Å². The predicted octanol–water partition coefficient (Wildman–Crippen LogP) is 3.83. The van der Waals surface area contributed by atoms with E-state index < -0.39 is 15.8 Å². The number of benzene rings is 2. The van der Waals surface area contributed by atoms with Gasteiger partial charge in [-0.05, 0) is 42.0 Å². The molecule has 0 unspecified atom stereocenters. The molecule has 1 aliphatic heterocycles. The lowest BCUT2D eigenvalue weighted by molar-refractivity contribution is 0.295. The number of nitrogens with one attached hydrogen (secondary N) is 1. The number of rotatable bonds is 5. The summed E-state index contributed by atoms with van der Waals surface area (Å²) < 4.78 is 41.3. The maximum atomic E-state index is 13.7. The minimum absolute atomic E-state index is 0.0847. The second-order valence-corrected chi connectivity index (χ2v) is 9.09. The highest BCUT2D eigenvalue weighted by atomic mass is 35.5. The quantitative estimate of drug-likeness (QED) is 0.828. The zero-order chi connectivity index (χ0) is 17.9. The highest BCUT2D eigenvalue weighted by Crippen LogP contribution is 2.24. The molecular formula is C17H18ClFN2O2S2. The molecule has 0 saturated carbocycles. The number of nitrogens with zero attached hydrogens (tertiary/aromatic N) is 1. The Labute approximate surface area is 156 Å². The van der Waals surface area contributed by atoms with Crippen molar-refractivity contribution in [3.05, 3.63) is 58.9 Å². The largest absolute Gasteiger partial charge is 0.297 e. The van der Waals surface area contributed by atoms with Crippen molar-refractivity contribution >= 4 is 39.1 Å². The van der Waals surface area contributed by atoms with E-state index in [2.05, 4.69) is 9.62 Å². The molecule has 0 amide bonds. The van der Waals surface area contributed by atoms with Crippen LogP contribution < -0.4 is 4.72 Å². The van der Waals surface area contributed by atoms with E-state index in [1.165, 1.54) is 36.4 Å². The van der Waals surface area contributed by atoms with Gasteiger partial charge in [0.15, 0.2) is 0 Å². The zero-order valence-corrected chi connectivity index (χ0v) is 15.8. The second kappa shape index (κ2) is 7.95. The van der Waals surface area contributed by atoms with Gasteiger partial charge in [0.2, 0.25) is 0 Å². The molecule has 2 aromatic carbocycles. The van der Waals surface area contributed by atoms with Gasteiger partial charge in [0.1, 0.15) is 5.82 Å². The van der Waals surface area contributed by atoms with Crippen molar-refractivity contribution in [2.75, 3.05) is 29.3 Å². The molecule has 1 aliphatic rings. The third-order valence-corrected chi connectivity index (χ3v) is 6.51. The van der Waals surface area contributed by atoms with Crippen LogP contribution in [0.25, 0.3) is 0 Å². The predicted molar refractivity (Wildman–Crippen MR) is 101 cm³/mol. The Bertz CT molecular complexity index is 838. The summed E-state index contributed by atoms with van der Waals surface area (Å²) >= 11 is 7.70. The van der Waals surface area contributed by atoms with Gasteiger partial charge in [-0.2, -0.15) is 11.8 Å². The van der Waals surface area contributed by atoms with Crippen LogP contribution in [-0.2, 0) is 16.6 Å². The van der Waals surface area contributed by atoms with E-state index in [4.69, 9.17) is 11.6 Å². The van der Waals surface area contributed by atoms with Crippen LogP contribution in [0.5, 0.6) is 0 Å². The first-order valence-corrected chi connectivity index (χ1v) is 10.8. The Balaban J connectivity index is 1.85. The number of thioether (sulfide) groups is 1. The number of sulfonamides is 1. The van der Waals surface area contributed by atoms with E-state index in [0.717, 1.165) is 30.2 Å². The summed E-state index contributed by atoms with van der Waals surface area (Å²) in [7, 11) is -3.81. The van der Waals surface area contributed by atoms with Crippen LogP contribution in [0.3, 0.4) is 0 Å². The number of halogens is 2. The number of hydrogen-bond acceptors (Lipinski definition) is 4. The highest BCUT2D eigenvalue weighted by molar-refractivity contribution is 7.99. The Morgan fingerprint density at radius 1 is 1.12 bits per heavy atom. The molecule has 0 aliphatic carbocycles. The first-order chi connectivity index (χ1) is 11.9. The molecule has 25 heavy (non-hydrogen) atoms. The summed E-state index contributed by atoms with van der Waals surface area (Å²) in [6.07, 6.45) is 0. The molecule has 8 heteroatoms. The Morgan fingerprint density at radius 3 is 2.48 bits per heavy atom. The van der Waals surface area contributed by atoms with Crippen molar-refractivity contribution in [1.29, 1.82) is 0 Å². The van der Waals surface area contributed by atoms with Gasteiger partial charge in [-0.3, -0.25) is 9.62 Å². The topological polar surface area (TPSA) is 49.4 Å². The van der Waals surface area contributed by atoms with Gasteiger partial charge in [-0.15, -0.1) is 0 Å². The molecule has 1 saturated heterocycles. The number of hydrogen-bond donors (Lipinski definition) is 1. The van der Waals surface area contributed by atoms with Crippen LogP contribution >= 0.6 is 23.4 Å². The van der Waals surface area contributed by atoms with Crippen LogP contribution in [0.2, 0.25) is 5.02 Å². The third-order valence-electron chi connectivity index (χ3n) is 3.94. The van der Waals surface area contributed by atoms with Crippen molar-refractivity contribution in [3.63, 3.8) is 0 Å². The first kappa shape index (κ1) is 18.5. The maximum absolute atomic E-state index is 13.7. The van der Waals surface area contributed by atoms with Crippen molar-refractivity contribution in [2.24, 2.45) is 0 Å². The SMILES string of the molecule is O=S(=O)(Nc1cc(F)ccc1CN1CCSCC1)c1ccc(Cl)cc1. The lowest BCUT2D eigenvalue weighted by Gasteiger charge is -2.27. The molecule has 134 valence electrons. The zero-order valence-electron chi connectivity index (χ0n) is 13.4. The highest BCUT2D eigenvalue weighted by Gasteiger charge is 2.18. The van der Waals surface area contributed by atoms with Gasteiger partial charge in [0.25, 0.3) is 10.0 Å². The van der Waals surface area contributed by atoms with Crippen molar-refractivity contribution in [1.82, 2.24) is 4.90 Å². The van der Waals surface area contributed by atoms with Crippen LogP contribution in [0.1, 0.15) is 5.56 Å². The van der Waals surface area contributed by atoms with E-state index in [0.29, 0.717) is 11.6 Å². The van der Waals surface area contributed by atoms with Crippen LogP contribution in [-0.4, -0.2) is 37.9 Å². The van der Waals surface area contributed by atoms with Gasteiger partial charge in [-0.1, -0.05) is 17.7 Å². The smallest absolute Gasteiger partial charge is 0.261 e. The summed E-state index contributed by atoms with van der Waals surface area (Å²) in [4.78, 5) is 2.32. The summed E-state index contributed by atoms with van der Waals surface area (Å²) in [5.74, 6) is 1.62. The van der Waals surface area contributed by atoms with Gasteiger partial charge >= 0.3 is 0 Å². The average Bonchev–Trinajstić information content (AvgIpc) is 2.58. The lowest BCUT2D eigenvalue weighted by atomic mass is 10.1. The van der Waals surface area contributed by atoms with E-state index >= 15 is 0 Å². The first-order valence-electron chi connectivity index (χ1n) is 7.81. The molecule has 0 spiro atoms. The van der Waals surface area contributed by atoms with Crippen molar-refractivity contribution in [2.45, 2.75) is 11.4 Å². The summed E-state index contributed by atoms with van der Waals surface area (Å²) in [6.45, 7) is 2.45. The van der Waals surface area contributed by atoms with Crippen LogP contribution in [0.15, 0.2) is 47.4 Å². The fourth-order valence-corrected chi connectivity index (χ4v) is 4.80. The minimum atomic E-state index is -3.81. The molecule has 1 fully saturated rings. The van der Waals surface area contributed by atoms with Gasteiger partial charge < -0.3 is 0 Å². The Hall–Kier alpha value is -1.28. The Kier molecular flexibility index (Phi) is 5.89. The molecule has 0 radical (unpaired) electrons. The molecule has 0 aromatic heterocycles. The summed E-state index contributed by atoms with van der Waals surface area (Å²) in [6, 6.07) is 10.1. The molecule has 1 N–H and O–H groups in total. The molecular weight excluding hydrogens is 383 g/mol. The monoisotopic (exact) mass is 400 g/mol. The molecule has 4 nitrogen and oxygen atoms in total. The average molecular weight is 401 g/mol. The lowest BCUT2D eigenvalue weighted by Crippen LogP contribution is -2.32. The van der Waals surface area contributed by atoms with Crippen molar-refractivity contribution < 1.29 is 12.8 Å². The van der Waals surface area contributed by atoms with E-state index in [9.17, 15) is 12.8 Å². The van der Waals surface area contributed by atoms with Crippen LogP contribution in [0, 0.1) is 5.82 Å². The van der Waals surface area contributed by atoms with E-state index in [-0.39, 0.29) is 10.6 Å². The van der Waals surface area contributed by atoms with Gasteiger partial charge in [0, 0.05) is 36.2 Å². The third kappa shape index (κ3) is 4.88. The molecule has 1 heterocycles. The maximum Gasteiger partial charge on any atom is 0.261 e. The second-order valence-electron chi connectivity index (χ2n) is 5.75. The van der Waals surface area contributed by atoms with Crippen molar-refractivity contribution in [3.8, 4) is 0 Å². The van der Waals surface area contributed by atoms with E-state index in [1.54, 1.807) is 6.07 Å². The van der Waals surface area contributed by atoms with Crippen LogP contribution in [0.4, 0.5) is 10.1 Å². The fraction of sp³-hybridized carbons (Fsp3) is 0.294. The molecule has 3 rings (SSSR count). The normalized spacial score (nSPS) is 15.9.